The lowest BCUT2D eigenvalue weighted by Crippen LogP contribution is -2.41. The van der Waals surface area contributed by atoms with E-state index in [2.05, 4.69) is 25.9 Å². The van der Waals surface area contributed by atoms with E-state index >= 15 is 0 Å². The van der Waals surface area contributed by atoms with Gasteiger partial charge in [-0.3, -0.25) is 20.2 Å². The number of amides is 4. The van der Waals surface area contributed by atoms with Crippen molar-refractivity contribution in [3.8, 4) is 11.5 Å². The summed E-state index contributed by atoms with van der Waals surface area (Å²) in [7, 11) is 0. The summed E-state index contributed by atoms with van der Waals surface area (Å²) in [5.74, 6) is 1.28. The van der Waals surface area contributed by atoms with Crippen molar-refractivity contribution in [2.24, 2.45) is 11.3 Å². The number of nitrogens with zero attached hydrogens (tertiary/aromatic N) is 2. The number of urea groups is 1. The molecule has 0 saturated heterocycles. The maximum absolute atomic E-state index is 11.9. The number of ether oxygens (including phenoxy) is 1. The van der Waals surface area contributed by atoms with E-state index in [0.29, 0.717) is 17.3 Å². The van der Waals surface area contributed by atoms with Gasteiger partial charge in [-0.15, -0.1) is 0 Å². The summed E-state index contributed by atoms with van der Waals surface area (Å²) in [4.78, 5) is 43.7. The minimum absolute atomic E-state index is 0.0324. The van der Waals surface area contributed by atoms with E-state index in [1.807, 2.05) is 0 Å². The number of carbonyl (C=O) groups is 3. The second-order valence-electron chi connectivity index (χ2n) is 7.78. The Bertz CT molecular complexity index is 917. The number of hydrogen-bond donors (Lipinski definition) is 3. The van der Waals surface area contributed by atoms with Gasteiger partial charge in [0, 0.05) is 23.6 Å². The Kier molecular flexibility index (Phi) is 5.76. The van der Waals surface area contributed by atoms with Crippen LogP contribution in [0.5, 0.6) is 11.5 Å². The highest BCUT2D eigenvalue weighted by molar-refractivity contribution is 6.02. The summed E-state index contributed by atoms with van der Waals surface area (Å²) in [6, 6.07) is 5.80. The van der Waals surface area contributed by atoms with Crippen molar-refractivity contribution in [2.75, 3.05) is 10.6 Å². The number of aromatic nitrogens is 2. The topological polar surface area (TPSA) is 122 Å². The van der Waals surface area contributed by atoms with E-state index < -0.39 is 17.4 Å². The molecule has 2 aromatic heterocycles. The minimum atomic E-state index is -0.677. The third kappa shape index (κ3) is 6.00. The van der Waals surface area contributed by atoms with Crippen LogP contribution >= 0.6 is 0 Å². The smallest absolute Gasteiger partial charge is 0.327 e. The van der Waals surface area contributed by atoms with Gasteiger partial charge in [0.05, 0.1) is 6.20 Å². The number of carbonyl (C=O) groups excluding carboxylic acids is 3. The second-order valence-corrected chi connectivity index (χ2v) is 7.78. The molecule has 0 aromatic carbocycles. The van der Waals surface area contributed by atoms with Crippen LogP contribution in [-0.2, 0) is 9.59 Å². The van der Waals surface area contributed by atoms with Gasteiger partial charge in [0.25, 0.3) is 0 Å². The Morgan fingerprint density at radius 3 is 2.38 bits per heavy atom. The maximum atomic E-state index is 11.9. The van der Waals surface area contributed by atoms with Crippen molar-refractivity contribution in [1.29, 1.82) is 0 Å². The first-order chi connectivity index (χ1) is 13.7. The van der Waals surface area contributed by atoms with E-state index in [4.69, 9.17) is 4.74 Å². The molecule has 4 amide bonds. The molecule has 3 N–H and O–H groups in total. The number of pyridine rings is 2. The van der Waals surface area contributed by atoms with Crippen molar-refractivity contribution in [3.63, 3.8) is 0 Å². The van der Waals surface area contributed by atoms with Crippen LogP contribution in [0.15, 0.2) is 36.7 Å². The van der Waals surface area contributed by atoms with Gasteiger partial charge in [0.2, 0.25) is 11.8 Å². The van der Waals surface area contributed by atoms with Gasteiger partial charge in [0.15, 0.2) is 0 Å². The highest BCUT2D eigenvalue weighted by atomic mass is 16.5. The summed E-state index contributed by atoms with van der Waals surface area (Å²) in [6.45, 7) is 5.13. The largest absolute Gasteiger partial charge is 0.456 e. The average molecular weight is 397 g/mol. The molecule has 2 heterocycles. The Morgan fingerprint density at radius 1 is 1.00 bits per heavy atom. The van der Waals surface area contributed by atoms with Gasteiger partial charge < -0.3 is 10.1 Å². The monoisotopic (exact) mass is 397 g/mol. The summed E-state index contributed by atoms with van der Waals surface area (Å²) in [5, 5.41) is 7.50. The first-order valence-corrected chi connectivity index (χ1v) is 9.24. The minimum Gasteiger partial charge on any atom is -0.456 e. The molecular formula is C20H23N5O4. The molecule has 0 bridgehead atoms. The van der Waals surface area contributed by atoms with Crippen LogP contribution in [0.1, 0.15) is 33.6 Å². The fourth-order valence-electron chi connectivity index (χ4n) is 2.21. The summed E-state index contributed by atoms with van der Waals surface area (Å²) >= 11 is 0. The van der Waals surface area contributed by atoms with Crippen LogP contribution in [0.3, 0.4) is 0 Å². The molecule has 0 spiro atoms. The third-order valence-corrected chi connectivity index (χ3v) is 4.05. The molecule has 9 heteroatoms. The molecule has 29 heavy (non-hydrogen) atoms. The summed E-state index contributed by atoms with van der Waals surface area (Å²) < 4.78 is 5.71. The average Bonchev–Trinajstić information content (AvgIpc) is 3.48. The second kappa shape index (κ2) is 8.26. The molecule has 0 unspecified atom stereocenters. The summed E-state index contributed by atoms with van der Waals surface area (Å²) in [6.07, 6.45) is 4.80. The van der Waals surface area contributed by atoms with Crippen LogP contribution in [-0.4, -0.2) is 27.8 Å². The zero-order valence-corrected chi connectivity index (χ0v) is 16.5. The van der Waals surface area contributed by atoms with Crippen molar-refractivity contribution in [1.82, 2.24) is 15.3 Å². The molecule has 1 aliphatic carbocycles. The van der Waals surface area contributed by atoms with E-state index in [9.17, 15) is 14.4 Å². The van der Waals surface area contributed by atoms with E-state index in [-0.39, 0.29) is 17.6 Å². The number of hydrogen-bond acceptors (Lipinski definition) is 6. The molecule has 152 valence electrons. The first kappa shape index (κ1) is 20.2. The highest BCUT2D eigenvalue weighted by Gasteiger charge is 2.29. The first-order valence-electron chi connectivity index (χ1n) is 9.24. The van der Waals surface area contributed by atoms with E-state index in [0.717, 1.165) is 12.8 Å². The Hall–Kier alpha value is -3.49. The zero-order valence-electron chi connectivity index (χ0n) is 16.5. The fraction of sp³-hybridized carbons (Fsp3) is 0.350. The SMILES string of the molecule is CC(C)(C)C(=O)NC(=O)Nc1ccc(Oc2ccnc(NC(=O)C3CC3)c2)cn1. The lowest BCUT2D eigenvalue weighted by molar-refractivity contribution is -0.127. The summed E-state index contributed by atoms with van der Waals surface area (Å²) in [5.41, 5.74) is -0.677. The third-order valence-electron chi connectivity index (χ3n) is 4.05. The van der Waals surface area contributed by atoms with Gasteiger partial charge >= 0.3 is 6.03 Å². The number of anilines is 2. The zero-order chi connectivity index (χ0) is 21.0. The molecule has 3 rings (SSSR count). The molecule has 2 aromatic rings. The molecule has 9 nitrogen and oxygen atoms in total. The normalized spacial score (nSPS) is 13.3. The lowest BCUT2D eigenvalue weighted by Gasteiger charge is -2.16. The molecule has 0 aliphatic heterocycles. The molecule has 0 radical (unpaired) electrons. The number of imide groups is 1. The van der Waals surface area contributed by atoms with Gasteiger partial charge in [-0.2, -0.15) is 0 Å². The van der Waals surface area contributed by atoms with Gasteiger partial charge in [-0.05, 0) is 31.0 Å². The molecule has 0 atom stereocenters. The van der Waals surface area contributed by atoms with Gasteiger partial charge in [-0.1, -0.05) is 20.8 Å². The van der Waals surface area contributed by atoms with Crippen molar-refractivity contribution < 1.29 is 19.1 Å². The molecular weight excluding hydrogens is 374 g/mol. The van der Waals surface area contributed by atoms with Crippen LogP contribution in [0.2, 0.25) is 0 Å². The van der Waals surface area contributed by atoms with E-state index in [1.54, 1.807) is 45.0 Å². The van der Waals surface area contributed by atoms with Crippen molar-refractivity contribution in [3.05, 3.63) is 36.7 Å². The van der Waals surface area contributed by atoms with Crippen molar-refractivity contribution >= 4 is 29.5 Å². The van der Waals surface area contributed by atoms with Crippen LogP contribution < -0.4 is 20.7 Å². The van der Waals surface area contributed by atoms with Crippen LogP contribution in [0.4, 0.5) is 16.4 Å². The predicted molar refractivity (Wildman–Crippen MR) is 107 cm³/mol. The number of rotatable bonds is 5. The fourth-order valence-corrected chi connectivity index (χ4v) is 2.21. The Morgan fingerprint density at radius 2 is 1.76 bits per heavy atom. The maximum Gasteiger partial charge on any atom is 0.327 e. The predicted octanol–water partition coefficient (Wildman–Crippen LogP) is 3.31. The number of nitrogens with one attached hydrogen (secondary N) is 3. The van der Waals surface area contributed by atoms with Gasteiger partial charge in [-0.25, -0.2) is 14.8 Å². The van der Waals surface area contributed by atoms with Gasteiger partial charge in [0.1, 0.15) is 23.1 Å². The standard InChI is InChI=1S/C20H23N5O4/c1-20(2,3)18(27)25-19(28)24-15-7-6-14(11-22-15)29-13-8-9-21-16(10-13)23-17(26)12-4-5-12/h6-12H,4-5H2,1-3H3,(H,21,23,26)(H2,22,24,25,27,28). The Balaban J connectivity index is 1.56. The van der Waals surface area contributed by atoms with Crippen LogP contribution in [0, 0.1) is 11.3 Å². The Labute approximate surface area is 168 Å². The quantitative estimate of drug-likeness (QED) is 0.711. The lowest BCUT2D eigenvalue weighted by atomic mass is 9.96. The van der Waals surface area contributed by atoms with E-state index in [1.165, 1.54) is 12.4 Å². The molecule has 1 saturated carbocycles. The molecule has 1 aliphatic rings. The van der Waals surface area contributed by atoms with Crippen LogP contribution in [0.25, 0.3) is 0 Å². The highest BCUT2D eigenvalue weighted by Crippen LogP contribution is 2.30. The molecule has 1 fully saturated rings. The van der Waals surface area contributed by atoms with Crippen molar-refractivity contribution in [2.45, 2.75) is 33.6 Å².